The molecule has 1 aromatic heterocycles. The van der Waals surface area contributed by atoms with E-state index in [2.05, 4.69) is 48.3 Å². The number of hydrogen-bond acceptors (Lipinski definition) is 2. The molecule has 0 bridgehead atoms. The number of rotatable bonds is 3. The number of aromatic nitrogens is 2. The Morgan fingerprint density at radius 1 is 0.600 bits per heavy atom. The second-order valence-corrected chi connectivity index (χ2v) is 6.05. The summed E-state index contributed by atoms with van der Waals surface area (Å²) in [7, 11) is 0. The maximum absolute atomic E-state index is 4.90. The molecule has 0 atom stereocenters. The number of benzene rings is 3. The molecule has 0 amide bonds. The minimum atomic E-state index is 0.746. The molecule has 0 aliphatic carbocycles. The molecular weight excluding hydrogens is 304 g/mol. The molecule has 0 saturated heterocycles. The highest BCUT2D eigenvalue weighted by atomic mass is 14.9. The third-order valence-corrected chi connectivity index (χ3v) is 4.23. The van der Waals surface area contributed by atoms with Crippen LogP contribution in [0.15, 0.2) is 91.1 Å². The van der Waals surface area contributed by atoms with Crippen molar-refractivity contribution in [1.82, 2.24) is 9.97 Å². The van der Waals surface area contributed by atoms with E-state index in [1.165, 1.54) is 5.56 Å². The van der Waals surface area contributed by atoms with E-state index in [-0.39, 0.29) is 0 Å². The van der Waals surface area contributed by atoms with Crippen molar-refractivity contribution in [3.63, 3.8) is 0 Å². The van der Waals surface area contributed by atoms with E-state index in [4.69, 9.17) is 4.98 Å². The van der Waals surface area contributed by atoms with Crippen molar-refractivity contribution in [2.75, 3.05) is 0 Å². The lowest BCUT2D eigenvalue weighted by Gasteiger charge is -2.11. The van der Waals surface area contributed by atoms with Gasteiger partial charge in [-0.25, -0.2) is 9.97 Å². The van der Waals surface area contributed by atoms with Crippen LogP contribution >= 0.6 is 0 Å². The quantitative estimate of drug-likeness (QED) is 0.477. The Morgan fingerprint density at radius 2 is 1.20 bits per heavy atom. The molecule has 0 aliphatic rings. The zero-order valence-corrected chi connectivity index (χ0v) is 14.1. The van der Waals surface area contributed by atoms with Crippen molar-refractivity contribution in [2.24, 2.45) is 0 Å². The van der Waals surface area contributed by atoms with Crippen LogP contribution in [0.5, 0.6) is 0 Å². The van der Waals surface area contributed by atoms with Crippen LogP contribution in [0.25, 0.3) is 33.8 Å². The lowest BCUT2D eigenvalue weighted by Crippen LogP contribution is -1.96. The normalized spacial score (nSPS) is 10.6. The molecule has 0 radical (unpaired) electrons. The highest BCUT2D eigenvalue weighted by molar-refractivity contribution is 5.81. The molecular formula is C23H18N2. The fourth-order valence-corrected chi connectivity index (χ4v) is 2.87. The highest BCUT2D eigenvalue weighted by Crippen LogP contribution is 2.31. The predicted octanol–water partition coefficient (Wildman–Crippen LogP) is 5.79. The van der Waals surface area contributed by atoms with E-state index < -0.39 is 0 Å². The molecule has 0 unspecified atom stereocenters. The second kappa shape index (κ2) is 6.70. The van der Waals surface area contributed by atoms with Crippen molar-refractivity contribution in [1.29, 1.82) is 0 Å². The smallest absolute Gasteiger partial charge is 0.159 e. The Hall–Kier alpha value is -3.26. The van der Waals surface area contributed by atoms with Crippen LogP contribution in [-0.2, 0) is 0 Å². The van der Waals surface area contributed by atoms with Gasteiger partial charge in [-0.05, 0) is 12.5 Å². The Bertz CT molecular complexity index is 975. The van der Waals surface area contributed by atoms with Gasteiger partial charge in [0.1, 0.15) is 0 Å². The summed E-state index contributed by atoms with van der Waals surface area (Å²) in [6.45, 7) is 2.09. The molecule has 0 N–H and O–H groups in total. The average molecular weight is 322 g/mol. The van der Waals surface area contributed by atoms with Gasteiger partial charge in [-0.2, -0.15) is 0 Å². The van der Waals surface area contributed by atoms with Crippen LogP contribution in [0.3, 0.4) is 0 Å². The summed E-state index contributed by atoms with van der Waals surface area (Å²) in [5, 5.41) is 0. The third-order valence-electron chi connectivity index (χ3n) is 4.23. The topological polar surface area (TPSA) is 25.8 Å². The Balaban J connectivity index is 1.91. The highest BCUT2D eigenvalue weighted by Gasteiger charge is 2.12. The lowest BCUT2D eigenvalue weighted by atomic mass is 9.99. The SMILES string of the molecule is Cc1ccc(-c2cnc(-c3ccccc3)nc2-c2ccccc2)cc1. The van der Waals surface area contributed by atoms with Gasteiger partial charge in [0.25, 0.3) is 0 Å². The number of hydrogen-bond donors (Lipinski definition) is 0. The van der Waals surface area contributed by atoms with E-state index in [0.29, 0.717) is 0 Å². The zero-order chi connectivity index (χ0) is 17.1. The van der Waals surface area contributed by atoms with Gasteiger partial charge in [-0.15, -0.1) is 0 Å². The summed E-state index contributed by atoms with van der Waals surface area (Å²) in [5.74, 6) is 0.746. The van der Waals surface area contributed by atoms with Gasteiger partial charge in [0.05, 0.1) is 5.69 Å². The summed E-state index contributed by atoms with van der Waals surface area (Å²) in [4.78, 5) is 9.52. The summed E-state index contributed by atoms with van der Waals surface area (Å²) in [6.07, 6.45) is 1.93. The van der Waals surface area contributed by atoms with Crippen LogP contribution in [-0.4, -0.2) is 9.97 Å². The van der Waals surface area contributed by atoms with Crippen molar-refractivity contribution >= 4 is 0 Å². The molecule has 0 fully saturated rings. The summed E-state index contributed by atoms with van der Waals surface area (Å²) in [6, 6.07) is 28.9. The van der Waals surface area contributed by atoms with E-state index in [1.807, 2.05) is 54.7 Å². The molecule has 0 aliphatic heterocycles. The lowest BCUT2D eigenvalue weighted by molar-refractivity contribution is 1.18. The first-order valence-electron chi connectivity index (χ1n) is 8.36. The zero-order valence-electron chi connectivity index (χ0n) is 14.1. The van der Waals surface area contributed by atoms with Crippen molar-refractivity contribution in [2.45, 2.75) is 6.92 Å². The van der Waals surface area contributed by atoms with Gasteiger partial charge in [0.15, 0.2) is 5.82 Å². The first-order chi connectivity index (χ1) is 12.3. The maximum atomic E-state index is 4.90. The molecule has 0 saturated carbocycles. The molecule has 4 rings (SSSR count). The molecule has 0 spiro atoms. The maximum Gasteiger partial charge on any atom is 0.159 e. The molecule has 4 aromatic rings. The Morgan fingerprint density at radius 3 is 1.84 bits per heavy atom. The van der Waals surface area contributed by atoms with Gasteiger partial charge in [-0.3, -0.25) is 0 Å². The van der Waals surface area contributed by atoms with E-state index in [9.17, 15) is 0 Å². The average Bonchev–Trinajstić information content (AvgIpc) is 2.70. The minimum Gasteiger partial charge on any atom is -0.236 e. The summed E-state index contributed by atoms with van der Waals surface area (Å²) < 4.78 is 0. The predicted molar refractivity (Wildman–Crippen MR) is 103 cm³/mol. The van der Waals surface area contributed by atoms with Gasteiger partial charge in [0.2, 0.25) is 0 Å². The molecule has 120 valence electrons. The molecule has 25 heavy (non-hydrogen) atoms. The van der Waals surface area contributed by atoms with Crippen LogP contribution in [0.4, 0.5) is 0 Å². The number of nitrogens with zero attached hydrogens (tertiary/aromatic N) is 2. The molecule has 2 heteroatoms. The first kappa shape index (κ1) is 15.3. The summed E-state index contributed by atoms with van der Waals surface area (Å²) >= 11 is 0. The third kappa shape index (κ3) is 3.20. The largest absolute Gasteiger partial charge is 0.236 e. The van der Waals surface area contributed by atoms with Crippen molar-refractivity contribution in [3.05, 3.63) is 96.7 Å². The molecule has 2 nitrogen and oxygen atoms in total. The monoisotopic (exact) mass is 322 g/mol. The van der Waals surface area contributed by atoms with Crippen molar-refractivity contribution < 1.29 is 0 Å². The van der Waals surface area contributed by atoms with Gasteiger partial charge >= 0.3 is 0 Å². The Labute approximate surface area is 147 Å². The van der Waals surface area contributed by atoms with E-state index >= 15 is 0 Å². The number of aryl methyl sites for hydroxylation is 1. The van der Waals surface area contributed by atoms with Crippen LogP contribution in [0, 0.1) is 6.92 Å². The van der Waals surface area contributed by atoms with E-state index in [0.717, 1.165) is 33.8 Å². The van der Waals surface area contributed by atoms with Crippen molar-refractivity contribution in [3.8, 4) is 33.8 Å². The fourth-order valence-electron chi connectivity index (χ4n) is 2.87. The van der Waals surface area contributed by atoms with Gasteiger partial charge in [-0.1, -0.05) is 90.5 Å². The van der Waals surface area contributed by atoms with E-state index in [1.54, 1.807) is 0 Å². The Kier molecular flexibility index (Phi) is 4.09. The summed E-state index contributed by atoms with van der Waals surface area (Å²) in [5.41, 5.74) is 6.49. The minimum absolute atomic E-state index is 0.746. The van der Waals surface area contributed by atoms with Gasteiger partial charge in [0, 0.05) is 22.9 Å². The standard InChI is InChI=1S/C23H18N2/c1-17-12-14-18(15-13-17)21-16-24-23(20-10-6-3-7-11-20)25-22(21)19-8-4-2-5-9-19/h2-16H,1H3. The molecule has 1 heterocycles. The fraction of sp³-hybridized carbons (Fsp3) is 0.0435. The van der Waals surface area contributed by atoms with Crippen LogP contribution < -0.4 is 0 Å². The van der Waals surface area contributed by atoms with Crippen LogP contribution in [0.1, 0.15) is 5.56 Å². The molecule has 3 aromatic carbocycles. The van der Waals surface area contributed by atoms with Gasteiger partial charge < -0.3 is 0 Å². The van der Waals surface area contributed by atoms with Crippen LogP contribution in [0.2, 0.25) is 0 Å². The first-order valence-corrected chi connectivity index (χ1v) is 8.36. The second-order valence-electron chi connectivity index (χ2n) is 6.05.